The second-order valence-corrected chi connectivity index (χ2v) is 8.58. The number of rotatable bonds is 8. The van der Waals surface area contributed by atoms with Crippen LogP contribution < -0.4 is 14.2 Å². The van der Waals surface area contributed by atoms with Crippen molar-refractivity contribution in [1.29, 1.82) is 0 Å². The highest BCUT2D eigenvalue weighted by Gasteiger charge is 2.33. The van der Waals surface area contributed by atoms with Gasteiger partial charge < -0.3 is 19.1 Å². The predicted molar refractivity (Wildman–Crippen MR) is 129 cm³/mol. The standard InChI is InChI=1S/C28H28F3NO4/c1-34-25-15-20-13-14-32(27(33)12-11-19-7-4-3-5-8-19)24(23(20)17-26(25)35-2)18-36-22-10-6-9-21(16-22)28(29,30)31/h3-10,15-17,24H,11-14,18H2,1-2H3. The maximum atomic E-state index is 13.3. The number of carbonyl (C=O) groups excluding carboxylic acids is 1. The lowest BCUT2D eigenvalue weighted by Gasteiger charge is -2.37. The van der Waals surface area contributed by atoms with Gasteiger partial charge in [0, 0.05) is 13.0 Å². The summed E-state index contributed by atoms with van der Waals surface area (Å²) in [6.07, 6.45) is -2.95. The summed E-state index contributed by atoms with van der Waals surface area (Å²) >= 11 is 0. The molecule has 0 spiro atoms. The number of hydrogen-bond donors (Lipinski definition) is 0. The number of alkyl halides is 3. The third kappa shape index (κ3) is 5.75. The topological polar surface area (TPSA) is 48.0 Å². The fourth-order valence-corrected chi connectivity index (χ4v) is 4.48. The molecule has 0 saturated heterocycles. The van der Waals surface area contributed by atoms with E-state index in [0.717, 1.165) is 28.8 Å². The average Bonchev–Trinajstić information content (AvgIpc) is 2.89. The van der Waals surface area contributed by atoms with Crippen molar-refractivity contribution in [2.75, 3.05) is 27.4 Å². The Balaban J connectivity index is 1.60. The van der Waals surface area contributed by atoms with Crippen molar-refractivity contribution in [1.82, 2.24) is 4.90 Å². The van der Waals surface area contributed by atoms with Gasteiger partial charge in [-0.3, -0.25) is 4.79 Å². The molecule has 4 rings (SSSR count). The van der Waals surface area contributed by atoms with Crippen LogP contribution in [0.4, 0.5) is 13.2 Å². The Bertz CT molecular complexity index is 1200. The first-order chi connectivity index (χ1) is 17.3. The van der Waals surface area contributed by atoms with E-state index in [1.54, 1.807) is 12.0 Å². The molecule has 1 unspecified atom stereocenters. The highest BCUT2D eigenvalue weighted by molar-refractivity contribution is 5.77. The van der Waals surface area contributed by atoms with Gasteiger partial charge in [-0.25, -0.2) is 0 Å². The Morgan fingerprint density at radius 3 is 2.39 bits per heavy atom. The molecule has 190 valence electrons. The molecule has 8 heteroatoms. The highest BCUT2D eigenvalue weighted by Crippen LogP contribution is 2.39. The number of ether oxygens (including phenoxy) is 3. The number of methoxy groups -OCH3 is 2. The fourth-order valence-electron chi connectivity index (χ4n) is 4.48. The summed E-state index contributed by atoms with van der Waals surface area (Å²) < 4.78 is 56.3. The maximum Gasteiger partial charge on any atom is 0.416 e. The number of amides is 1. The minimum absolute atomic E-state index is 0.000864. The van der Waals surface area contributed by atoms with E-state index in [0.29, 0.717) is 37.3 Å². The molecule has 0 aromatic heterocycles. The number of fused-ring (bicyclic) bond motifs is 1. The average molecular weight is 500 g/mol. The zero-order valence-electron chi connectivity index (χ0n) is 20.2. The van der Waals surface area contributed by atoms with E-state index in [1.165, 1.54) is 19.2 Å². The molecule has 1 aliphatic rings. The van der Waals surface area contributed by atoms with Gasteiger partial charge in [-0.05, 0) is 59.9 Å². The molecule has 1 aliphatic heterocycles. The van der Waals surface area contributed by atoms with Crippen molar-refractivity contribution < 1.29 is 32.2 Å². The van der Waals surface area contributed by atoms with Gasteiger partial charge in [0.1, 0.15) is 12.4 Å². The smallest absolute Gasteiger partial charge is 0.416 e. The van der Waals surface area contributed by atoms with Crippen molar-refractivity contribution in [2.24, 2.45) is 0 Å². The van der Waals surface area contributed by atoms with Crippen LogP contribution in [0.25, 0.3) is 0 Å². The molecule has 1 atom stereocenters. The third-order valence-corrected chi connectivity index (χ3v) is 6.36. The molecule has 1 heterocycles. The van der Waals surface area contributed by atoms with Crippen molar-refractivity contribution in [3.63, 3.8) is 0 Å². The summed E-state index contributed by atoms with van der Waals surface area (Å²) in [7, 11) is 3.09. The first kappa shape index (κ1) is 25.4. The number of aryl methyl sites for hydroxylation is 1. The zero-order valence-corrected chi connectivity index (χ0v) is 20.2. The van der Waals surface area contributed by atoms with Crippen LogP contribution in [0.2, 0.25) is 0 Å². The van der Waals surface area contributed by atoms with Crippen LogP contribution in [0.5, 0.6) is 17.2 Å². The fraction of sp³-hybridized carbons (Fsp3) is 0.321. The Kier molecular flexibility index (Phi) is 7.72. The Morgan fingerprint density at radius 2 is 1.69 bits per heavy atom. The van der Waals surface area contributed by atoms with Crippen LogP contribution in [0.1, 0.15) is 34.7 Å². The summed E-state index contributed by atoms with van der Waals surface area (Å²) in [5.74, 6) is 1.14. The Hall–Kier alpha value is -3.68. The summed E-state index contributed by atoms with van der Waals surface area (Å²) in [6.45, 7) is 0.466. The molecule has 0 fully saturated rings. The molecule has 3 aromatic rings. The quantitative estimate of drug-likeness (QED) is 0.390. The number of hydrogen-bond acceptors (Lipinski definition) is 4. The normalized spacial score (nSPS) is 15.2. The molecule has 0 radical (unpaired) electrons. The van der Waals surface area contributed by atoms with E-state index in [9.17, 15) is 18.0 Å². The molecule has 3 aromatic carbocycles. The molecular formula is C28H28F3NO4. The Morgan fingerprint density at radius 1 is 0.972 bits per heavy atom. The van der Waals surface area contributed by atoms with Gasteiger partial charge in [0.05, 0.1) is 25.8 Å². The van der Waals surface area contributed by atoms with E-state index >= 15 is 0 Å². The molecule has 36 heavy (non-hydrogen) atoms. The number of benzene rings is 3. The second kappa shape index (κ2) is 10.9. The van der Waals surface area contributed by atoms with Gasteiger partial charge in [0.2, 0.25) is 5.91 Å². The van der Waals surface area contributed by atoms with E-state index < -0.39 is 17.8 Å². The van der Waals surface area contributed by atoms with Crippen molar-refractivity contribution >= 4 is 5.91 Å². The third-order valence-electron chi connectivity index (χ3n) is 6.36. The Labute approximate surface area is 208 Å². The van der Waals surface area contributed by atoms with Gasteiger partial charge in [-0.15, -0.1) is 0 Å². The van der Waals surface area contributed by atoms with E-state index in [1.807, 2.05) is 42.5 Å². The minimum atomic E-state index is -4.47. The number of halogens is 3. The highest BCUT2D eigenvalue weighted by atomic mass is 19.4. The minimum Gasteiger partial charge on any atom is -0.493 e. The zero-order chi connectivity index (χ0) is 25.7. The van der Waals surface area contributed by atoms with E-state index in [2.05, 4.69) is 0 Å². The monoisotopic (exact) mass is 499 g/mol. The number of carbonyl (C=O) groups is 1. The predicted octanol–water partition coefficient (Wildman–Crippen LogP) is 5.86. The van der Waals surface area contributed by atoms with Gasteiger partial charge in [0.15, 0.2) is 11.5 Å². The molecule has 5 nitrogen and oxygen atoms in total. The van der Waals surface area contributed by atoms with E-state index in [-0.39, 0.29) is 18.3 Å². The molecule has 0 N–H and O–H groups in total. The number of nitrogens with zero attached hydrogens (tertiary/aromatic N) is 1. The van der Waals surface area contributed by atoms with Gasteiger partial charge in [-0.1, -0.05) is 36.4 Å². The first-order valence-electron chi connectivity index (χ1n) is 11.7. The van der Waals surface area contributed by atoms with Crippen LogP contribution in [-0.2, 0) is 23.8 Å². The molecule has 0 aliphatic carbocycles. The van der Waals surface area contributed by atoms with Crippen LogP contribution in [0.3, 0.4) is 0 Å². The second-order valence-electron chi connectivity index (χ2n) is 8.58. The molecule has 1 amide bonds. The SMILES string of the molecule is COc1cc2c(cc1OC)C(COc1cccc(C(F)(F)F)c1)N(C(=O)CCc1ccccc1)CC2. The maximum absolute atomic E-state index is 13.3. The van der Waals surface area contributed by atoms with Crippen molar-refractivity contribution in [2.45, 2.75) is 31.5 Å². The van der Waals surface area contributed by atoms with Crippen LogP contribution in [0, 0.1) is 0 Å². The van der Waals surface area contributed by atoms with Gasteiger partial charge in [-0.2, -0.15) is 13.2 Å². The summed E-state index contributed by atoms with van der Waals surface area (Å²) in [4.78, 5) is 15.1. The van der Waals surface area contributed by atoms with Crippen molar-refractivity contribution in [3.8, 4) is 17.2 Å². The summed E-state index contributed by atoms with van der Waals surface area (Å²) in [5.41, 5.74) is 2.09. The van der Waals surface area contributed by atoms with Crippen LogP contribution >= 0.6 is 0 Å². The molecular weight excluding hydrogens is 471 g/mol. The first-order valence-corrected chi connectivity index (χ1v) is 11.7. The van der Waals surface area contributed by atoms with E-state index in [4.69, 9.17) is 14.2 Å². The van der Waals surface area contributed by atoms with Gasteiger partial charge in [0.25, 0.3) is 0 Å². The van der Waals surface area contributed by atoms with Crippen LogP contribution in [0.15, 0.2) is 66.7 Å². The van der Waals surface area contributed by atoms with Crippen LogP contribution in [-0.4, -0.2) is 38.2 Å². The lowest BCUT2D eigenvalue weighted by Crippen LogP contribution is -2.42. The summed E-state index contributed by atoms with van der Waals surface area (Å²) in [6, 6.07) is 17.7. The van der Waals surface area contributed by atoms with Crippen molar-refractivity contribution in [3.05, 3.63) is 89.0 Å². The van der Waals surface area contributed by atoms with Gasteiger partial charge >= 0.3 is 6.18 Å². The lowest BCUT2D eigenvalue weighted by atomic mass is 9.91. The molecule has 0 saturated carbocycles. The lowest BCUT2D eigenvalue weighted by molar-refractivity contribution is -0.137. The molecule has 0 bridgehead atoms. The summed E-state index contributed by atoms with van der Waals surface area (Å²) in [5, 5.41) is 0. The largest absolute Gasteiger partial charge is 0.493 e.